The Balaban J connectivity index is 1.34. The van der Waals surface area contributed by atoms with Gasteiger partial charge in [-0.15, -0.1) is 0 Å². The second-order valence-corrected chi connectivity index (χ2v) is 6.72. The summed E-state index contributed by atoms with van der Waals surface area (Å²) in [6.45, 7) is 1.37. The van der Waals surface area contributed by atoms with Crippen LogP contribution in [0.4, 0.5) is 0 Å². The molecule has 4 aliphatic carbocycles. The van der Waals surface area contributed by atoms with Gasteiger partial charge in [-0.25, -0.2) is 0 Å². The van der Waals surface area contributed by atoms with Crippen molar-refractivity contribution in [3.05, 3.63) is 0 Å². The summed E-state index contributed by atoms with van der Waals surface area (Å²) < 4.78 is 0. The van der Waals surface area contributed by atoms with Crippen LogP contribution >= 0.6 is 0 Å². The van der Waals surface area contributed by atoms with Gasteiger partial charge in [0.2, 0.25) is 0 Å². The summed E-state index contributed by atoms with van der Waals surface area (Å²) in [6, 6.07) is 0.932. The highest BCUT2D eigenvalue weighted by atomic mass is 15.0. The Kier molecular flexibility index (Phi) is 1.81. The molecule has 0 aromatic heterocycles. The van der Waals surface area contributed by atoms with Gasteiger partial charge in [-0.05, 0) is 74.5 Å². The van der Waals surface area contributed by atoms with E-state index in [1.807, 2.05) is 0 Å². The zero-order chi connectivity index (χ0) is 9.88. The Hall–Kier alpha value is -0.0400. The molecule has 1 nitrogen and oxygen atoms in total. The molecule has 0 aromatic carbocycles. The lowest BCUT2D eigenvalue weighted by atomic mass is 9.99. The summed E-state index contributed by atoms with van der Waals surface area (Å²) in [4.78, 5) is 0. The Morgan fingerprint density at radius 2 is 1.53 bits per heavy atom. The fourth-order valence-corrected chi connectivity index (χ4v) is 3.54. The van der Waals surface area contributed by atoms with E-state index in [1.165, 1.54) is 45.1 Å². The molecule has 0 atom stereocenters. The minimum absolute atomic E-state index is 0.808. The molecule has 15 heavy (non-hydrogen) atoms. The van der Waals surface area contributed by atoms with Crippen molar-refractivity contribution >= 4 is 0 Å². The average Bonchev–Trinajstić information content (AvgIpc) is 3.02. The number of hydrogen-bond donors (Lipinski definition) is 1. The maximum Gasteiger partial charge on any atom is 0.0124 e. The van der Waals surface area contributed by atoms with Crippen LogP contribution in [0.15, 0.2) is 0 Å². The van der Waals surface area contributed by atoms with Crippen molar-refractivity contribution in [2.24, 2.45) is 23.2 Å². The fraction of sp³-hybridized carbons (Fsp3) is 1.00. The monoisotopic (exact) mass is 205 g/mol. The first-order chi connectivity index (χ1) is 7.37. The fourth-order valence-electron chi connectivity index (χ4n) is 3.54. The van der Waals surface area contributed by atoms with Gasteiger partial charge in [0.25, 0.3) is 0 Å². The molecule has 0 unspecified atom stereocenters. The molecule has 0 saturated heterocycles. The third-order valence-corrected chi connectivity index (χ3v) is 5.29. The van der Waals surface area contributed by atoms with Crippen molar-refractivity contribution in [1.29, 1.82) is 0 Å². The SMILES string of the molecule is C1CC1C(NCC1(C2CC2)CC1)C1CC1. The average molecular weight is 205 g/mol. The van der Waals surface area contributed by atoms with Crippen LogP contribution in [0.5, 0.6) is 0 Å². The highest BCUT2D eigenvalue weighted by molar-refractivity contribution is 5.06. The lowest BCUT2D eigenvalue weighted by Crippen LogP contribution is -2.37. The van der Waals surface area contributed by atoms with Crippen LogP contribution in [0.2, 0.25) is 0 Å². The molecule has 0 radical (unpaired) electrons. The molecule has 0 heterocycles. The largest absolute Gasteiger partial charge is 0.313 e. The van der Waals surface area contributed by atoms with Crippen LogP contribution in [-0.4, -0.2) is 12.6 Å². The van der Waals surface area contributed by atoms with E-state index in [9.17, 15) is 0 Å². The molecule has 0 aliphatic heterocycles. The predicted octanol–water partition coefficient (Wildman–Crippen LogP) is 2.95. The molecule has 1 N–H and O–H groups in total. The molecular weight excluding hydrogens is 182 g/mol. The van der Waals surface area contributed by atoms with Crippen LogP contribution < -0.4 is 5.32 Å². The van der Waals surface area contributed by atoms with Gasteiger partial charge in [0.1, 0.15) is 0 Å². The Morgan fingerprint density at radius 3 is 1.93 bits per heavy atom. The van der Waals surface area contributed by atoms with Crippen molar-refractivity contribution in [2.45, 2.75) is 57.4 Å². The van der Waals surface area contributed by atoms with Gasteiger partial charge in [-0.3, -0.25) is 0 Å². The minimum Gasteiger partial charge on any atom is -0.313 e. The lowest BCUT2D eigenvalue weighted by Gasteiger charge is -2.22. The first-order valence-corrected chi connectivity index (χ1v) is 7.11. The molecule has 4 aliphatic rings. The molecule has 0 spiro atoms. The second-order valence-electron chi connectivity index (χ2n) is 6.72. The topological polar surface area (TPSA) is 12.0 Å². The Morgan fingerprint density at radius 1 is 0.933 bits per heavy atom. The Labute approximate surface area is 93.0 Å². The predicted molar refractivity (Wildman–Crippen MR) is 61.6 cm³/mol. The van der Waals surface area contributed by atoms with Crippen LogP contribution in [-0.2, 0) is 0 Å². The van der Waals surface area contributed by atoms with Gasteiger partial charge < -0.3 is 5.32 Å². The molecular formula is C14H23N. The van der Waals surface area contributed by atoms with Crippen LogP contribution in [0.1, 0.15) is 51.4 Å². The highest BCUT2D eigenvalue weighted by Crippen LogP contribution is 2.61. The third-order valence-electron chi connectivity index (χ3n) is 5.29. The van der Waals surface area contributed by atoms with Gasteiger partial charge in [0.05, 0.1) is 0 Å². The van der Waals surface area contributed by atoms with Crippen LogP contribution in [0, 0.1) is 23.2 Å². The van der Waals surface area contributed by atoms with Gasteiger partial charge in [-0.2, -0.15) is 0 Å². The number of nitrogens with one attached hydrogen (secondary N) is 1. The zero-order valence-electron chi connectivity index (χ0n) is 9.67. The summed E-state index contributed by atoms with van der Waals surface area (Å²) in [5, 5.41) is 3.97. The molecule has 4 rings (SSSR count). The maximum atomic E-state index is 3.97. The lowest BCUT2D eigenvalue weighted by molar-refractivity contribution is 0.335. The summed E-state index contributed by atoms with van der Waals surface area (Å²) >= 11 is 0. The van der Waals surface area contributed by atoms with Gasteiger partial charge in [0.15, 0.2) is 0 Å². The Bertz CT molecular complexity index is 245. The molecule has 84 valence electrons. The molecule has 4 saturated carbocycles. The van der Waals surface area contributed by atoms with E-state index in [2.05, 4.69) is 5.32 Å². The zero-order valence-corrected chi connectivity index (χ0v) is 9.67. The van der Waals surface area contributed by atoms with Crippen LogP contribution in [0.25, 0.3) is 0 Å². The summed E-state index contributed by atoms with van der Waals surface area (Å²) in [6.07, 6.45) is 12.2. The summed E-state index contributed by atoms with van der Waals surface area (Å²) in [5.41, 5.74) is 0.808. The van der Waals surface area contributed by atoms with Gasteiger partial charge in [0, 0.05) is 12.6 Å². The first kappa shape index (κ1) is 9.04. The van der Waals surface area contributed by atoms with E-state index in [4.69, 9.17) is 0 Å². The summed E-state index contributed by atoms with van der Waals surface area (Å²) in [5.74, 6) is 3.28. The second kappa shape index (κ2) is 3.00. The van der Waals surface area contributed by atoms with Crippen molar-refractivity contribution in [2.75, 3.05) is 6.54 Å². The standard InChI is InChI=1S/C14H23N/c1-2-10(1)13(11-3-4-11)15-9-14(7-8-14)12-5-6-12/h10-13,15H,1-9H2. The third kappa shape index (κ3) is 1.73. The van der Waals surface area contributed by atoms with Gasteiger partial charge >= 0.3 is 0 Å². The van der Waals surface area contributed by atoms with Crippen molar-refractivity contribution in [3.8, 4) is 0 Å². The molecule has 0 aromatic rings. The van der Waals surface area contributed by atoms with E-state index in [1.54, 1.807) is 12.8 Å². The van der Waals surface area contributed by atoms with E-state index in [0.29, 0.717) is 0 Å². The van der Waals surface area contributed by atoms with Gasteiger partial charge in [-0.1, -0.05) is 0 Å². The molecule has 0 bridgehead atoms. The number of hydrogen-bond acceptors (Lipinski definition) is 1. The van der Waals surface area contributed by atoms with Crippen molar-refractivity contribution < 1.29 is 0 Å². The van der Waals surface area contributed by atoms with Crippen LogP contribution in [0.3, 0.4) is 0 Å². The quantitative estimate of drug-likeness (QED) is 0.703. The van der Waals surface area contributed by atoms with Crippen molar-refractivity contribution in [3.63, 3.8) is 0 Å². The maximum absolute atomic E-state index is 3.97. The van der Waals surface area contributed by atoms with E-state index < -0.39 is 0 Å². The smallest absolute Gasteiger partial charge is 0.0124 e. The van der Waals surface area contributed by atoms with E-state index >= 15 is 0 Å². The first-order valence-electron chi connectivity index (χ1n) is 7.11. The normalized spacial score (nSPS) is 33.4. The van der Waals surface area contributed by atoms with E-state index in [-0.39, 0.29) is 0 Å². The molecule has 0 amide bonds. The molecule has 4 fully saturated rings. The van der Waals surface area contributed by atoms with E-state index in [0.717, 1.165) is 29.2 Å². The molecule has 1 heteroatoms. The minimum atomic E-state index is 0.808. The summed E-state index contributed by atoms with van der Waals surface area (Å²) in [7, 11) is 0. The van der Waals surface area contributed by atoms with Crippen molar-refractivity contribution in [1.82, 2.24) is 5.32 Å². The number of rotatable bonds is 6. The highest BCUT2D eigenvalue weighted by Gasteiger charge is 2.54.